The van der Waals surface area contributed by atoms with E-state index in [0.717, 1.165) is 36.0 Å². The monoisotopic (exact) mass is 232 g/mol. The van der Waals surface area contributed by atoms with Gasteiger partial charge in [0.05, 0.1) is 7.11 Å². The molecule has 0 saturated carbocycles. The summed E-state index contributed by atoms with van der Waals surface area (Å²) in [7, 11) is 1.65. The second-order valence-corrected chi connectivity index (χ2v) is 4.01. The summed E-state index contributed by atoms with van der Waals surface area (Å²) in [6.45, 7) is 2.18. The lowest BCUT2D eigenvalue weighted by molar-refractivity contribution is -0.104. The molecule has 0 amide bonds. The summed E-state index contributed by atoms with van der Waals surface area (Å²) in [5, 5.41) is 0. The topological polar surface area (TPSA) is 26.3 Å². The fourth-order valence-electron chi connectivity index (χ4n) is 1.78. The number of hydrogen-bond donors (Lipinski definition) is 0. The highest BCUT2D eigenvalue weighted by Crippen LogP contribution is 2.23. The van der Waals surface area contributed by atoms with E-state index in [1.807, 2.05) is 24.3 Å². The number of carbonyl (C=O) groups is 1. The number of unbranched alkanes of at least 4 members (excludes halogenated alkanes) is 2. The van der Waals surface area contributed by atoms with E-state index in [2.05, 4.69) is 6.92 Å². The van der Waals surface area contributed by atoms with Crippen LogP contribution in [0.4, 0.5) is 0 Å². The highest BCUT2D eigenvalue weighted by atomic mass is 16.5. The summed E-state index contributed by atoms with van der Waals surface area (Å²) in [6.07, 6.45) is 7.01. The molecule has 0 unspecified atom stereocenters. The van der Waals surface area contributed by atoms with Crippen LogP contribution in [0, 0.1) is 0 Å². The third-order valence-electron chi connectivity index (χ3n) is 2.78. The predicted molar refractivity (Wildman–Crippen MR) is 71.2 cm³/mol. The normalized spacial score (nSPS) is 11.3. The maximum atomic E-state index is 10.6. The number of allylic oxidation sites excluding steroid dienone is 2. The molecule has 2 nitrogen and oxygen atoms in total. The highest BCUT2D eigenvalue weighted by Gasteiger charge is 2.01. The quantitative estimate of drug-likeness (QED) is 0.405. The van der Waals surface area contributed by atoms with Gasteiger partial charge in [-0.05, 0) is 42.2 Å². The van der Waals surface area contributed by atoms with Gasteiger partial charge in [0, 0.05) is 0 Å². The second-order valence-electron chi connectivity index (χ2n) is 4.01. The summed E-state index contributed by atoms with van der Waals surface area (Å²) >= 11 is 0. The Morgan fingerprint density at radius 3 is 2.47 bits per heavy atom. The van der Waals surface area contributed by atoms with Crippen molar-refractivity contribution in [3.8, 4) is 5.75 Å². The molecule has 1 rings (SSSR count). The number of benzene rings is 1. The average molecular weight is 232 g/mol. The molecule has 0 atom stereocenters. The molecule has 0 saturated heterocycles. The molecule has 0 aliphatic carbocycles. The minimum atomic E-state index is 0.841. The smallest absolute Gasteiger partial charge is 0.143 e. The van der Waals surface area contributed by atoms with Crippen molar-refractivity contribution in [1.29, 1.82) is 0 Å². The van der Waals surface area contributed by atoms with Crippen LogP contribution < -0.4 is 4.74 Å². The Hall–Kier alpha value is -1.57. The Morgan fingerprint density at radius 2 is 1.94 bits per heavy atom. The molecule has 0 spiro atoms. The van der Waals surface area contributed by atoms with Gasteiger partial charge in [-0.2, -0.15) is 0 Å². The van der Waals surface area contributed by atoms with Crippen LogP contribution in [0.1, 0.15) is 38.2 Å². The summed E-state index contributed by atoms with van der Waals surface area (Å²) in [4.78, 5) is 10.6. The fraction of sp³-hybridized carbons (Fsp3) is 0.400. The number of carbonyl (C=O) groups excluding carboxylic acids is 1. The van der Waals surface area contributed by atoms with Crippen LogP contribution in [0.25, 0.3) is 5.57 Å². The molecular weight excluding hydrogens is 212 g/mol. The van der Waals surface area contributed by atoms with Crippen molar-refractivity contribution in [1.82, 2.24) is 0 Å². The summed E-state index contributed by atoms with van der Waals surface area (Å²) in [6, 6.07) is 7.85. The molecule has 17 heavy (non-hydrogen) atoms. The van der Waals surface area contributed by atoms with Crippen molar-refractivity contribution in [2.24, 2.45) is 0 Å². The van der Waals surface area contributed by atoms with Gasteiger partial charge >= 0.3 is 0 Å². The van der Waals surface area contributed by atoms with Crippen LogP contribution in [0.3, 0.4) is 0 Å². The third-order valence-corrected chi connectivity index (χ3v) is 2.78. The van der Waals surface area contributed by atoms with Gasteiger partial charge < -0.3 is 4.74 Å². The van der Waals surface area contributed by atoms with Gasteiger partial charge in [-0.15, -0.1) is 0 Å². The maximum Gasteiger partial charge on any atom is 0.143 e. The minimum Gasteiger partial charge on any atom is -0.497 e. The van der Waals surface area contributed by atoms with Gasteiger partial charge in [0.15, 0.2) is 0 Å². The Morgan fingerprint density at radius 1 is 1.24 bits per heavy atom. The summed E-state index contributed by atoms with van der Waals surface area (Å²) in [5.74, 6) is 0.841. The second kappa shape index (κ2) is 7.66. The molecule has 0 heterocycles. The fourth-order valence-corrected chi connectivity index (χ4v) is 1.78. The van der Waals surface area contributed by atoms with E-state index >= 15 is 0 Å². The first-order valence-corrected chi connectivity index (χ1v) is 6.10. The Balaban J connectivity index is 2.75. The molecule has 2 heteroatoms. The first-order valence-electron chi connectivity index (χ1n) is 6.10. The molecule has 0 aliphatic rings. The minimum absolute atomic E-state index is 0.841. The number of hydrogen-bond acceptors (Lipinski definition) is 2. The van der Waals surface area contributed by atoms with Crippen molar-refractivity contribution >= 4 is 11.9 Å². The predicted octanol–water partition coefficient (Wildman–Crippen LogP) is 3.86. The molecule has 92 valence electrons. The lowest BCUT2D eigenvalue weighted by Crippen LogP contribution is -1.88. The molecule has 1 aromatic rings. The molecule has 0 N–H and O–H groups in total. The number of methoxy groups -OCH3 is 1. The Labute approximate surface area is 103 Å². The number of ether oxygens (including phenoxy) is 1. The van der Waals surface area contributed by atoms with Crippen LogP contribution in [0.2, 0.25) is 0 Å². The Kier molecular flexibility index (Phi) is 6.08. The molecule has 0 radical (unpaired) electrons. The zero-order valence-corrected chi connectivity index (χ0v) is 10.6. The van der Waals surface area contributed by atoms with Crippen molar-refractivity contribution in [3.05, 3.63) is 35.9 Å². The van der Waals surface area contributed by atoms with Gasteiger partial charge in [0.25, 0.3) is 0 Å². The lowest BCUT2D eigenvalue weighted by atomic mass is 9.99. The molecule has 1 aromatic carbocycles. The van der Waals surface area contributed by atoms with E-state index in [4.69, 9.17) is 4.74 Å². The molecule has 0 bridgehead atoms. The van der Waals surface area contributed by atoms with Crippen LogP contribution in [-0.4, -0.2) is 13.4 Å². The lowest BCUT2D eigenvalue weighted by Gasteiger charge is -2.07. The van der Waals surface area contributed by atoms with Crippen molar-refractivity contribution in [2.45, 2.75) is 32.6 Å². The zero-order valence-electron chi connectivity index (χ0n) is 10.6. The van der Waals surface area contributed by atoms with Crippen LogP contribution in [-0.2, 0) is 4.79 Å². The summed E-state index contributed by atoms with van der Waals surface area (Å²) < 4.78 is 5.12. The molecule has 0 fully saturated rings. The van der Waals surface area contributed by atoms with E-state index in [9.17, 15) is 4.79 Å². The highest BCUT2D eigenvalue weighted by molar-refractivity contribution is 5.81. The first kappa shape index (κ1) is 13.5. The molecular formula is C15H20O2. The zero-order chi connectivity index (χ0) is 12.5. The van der Waals surface area contributed by atoms with Gasteiger partial charge in [0.1, 0.15) is 12.0 Å². The van der Waals surface area contributed by atoms with Crippen molar-refractivity contribution in [2.75, 3.05) is 7.11 Å². The van der Waals surface area contributed by atoms with E-state index < -0.39 is 0 Å². The van der Waals surface area contributed by atoms with Crippen LogP contribution >= 0.6 is 0 Å². The largest absolute Gasteiger partial charge is 0.497 e. The van der Waals surface area contributed by atoms with Gasteiger partial charge in [-0.25, -0.2) is 0 Å². The number of aldehydes is 1. The average Bonchev–Trinajstić information content (AvgIpc) is 2.38. The SMILES string of the molecule is CCCCC/C(=C/C=O)c1ccc(OC)cc1. The van der Waals surface area contributed by atoms with Gasteiger partial charge in [-0.1, -0.05) is 31.9 Å². The number of rotatable bonds is 7. The third kappa shape index (κ3) is 4.43. The van der Waals surface area contributed by atoms with E-state index in [-0.39, 0.29) is 0 Å². The Bertz CT molecular complexity index is 363. The summed E-state index contributed by atoms with van der Waals surface area (Å²) in [5.41, 5.74) is 2.21. The molecule has 0 aliphatic heterocycles. The van der Waals surface area contributed by atoms with E-state index in [0.29, 0.717) is 0 Å². The standard InChI is InChI=1S/C15H20O2/c1-3-4-5-6-13(11-12-16)14-7-9-15(17-2)10-8-14/h7-12H,3-6H2,1-2H3/b13-11-. The molecule has 0 aromatic heterocycles. The first-order chi connectivity index (χ1) is 8.31. The van der Waals surface area contributed by atoms with Crippen molar-refractivity contribution < 1.29 is 9.53 Å². The van der Waals surface area contributed by atoms with Gasteiger partial charge in [0.2, 0.25) is 0 Å². The van der Waals surface area contributed by atoms with E-state index in [1.165, 1.54) is 12.8 Å². The van der Waals surface area contributed by atoms with Crippen LogP contribution in [0.15, 0.2) is 30.3 Å². The van der Waals surface area contributed by atoms with Gasteiger partial charge in [-0.3, -0.25) is 4.79 Å². The maximum absolute atomic E-state index is 10.6. The van der Waals surface area contributed by atoms with Crippen molar-refractivity contribution in [3.63, 3.8) is 0 Å². The van der Waals surface area contributed by atoms with Crippen LogP contribution in [0.5, 0.6) is 5.75 Å². The van der Waals surface area contributed by atoms with E-state index in [1.54, 1.807) is 13.2 Å².